The molecule has 0 saturated heterocycles. The van der Waals surface area contributed by atoms with Crippen molar-refractivity contribution in [3.8, 4) is 0 Å². The van der Waals surface area contributed by atoms with Crippen molar-refractivity contribution >= 4 is 11.9 Å². The SMILES string of the molecule is O=C(OC(CC/C=C/CCC(OC(=O)c1ccccc1)c1ccc(CCO)cc1)c1ccc(CCO)cc1)c1ccccc1. The van der Waals surface area contributed by atoms with E-state index in [0.717, 1.165) is 22.3 Å². The van der Waals surface area contributed by atoms with E-state index in [1.165, 1.54) is 0 Å². The molecule has 0 bridgehead atoms. The normalized spacial score (nSPS) is 12.5. The first-order valence-corrected chi connectivity index (χ1v) is 15.1. The van der Waals surface area contributed by atoms with Crippen LogP contribution in [-0.4, -0.2) is 35.4 Å². The van der Waals surface area contributed by atoms with E-state index in [2.05, 4.69) is 12.2 Å². The fourth-order valence-corrected chi connectivity index (χ4v) is 4.92. The second-order valence-electron chi connectivity index (χ2n) is 10.6. The van der Waals surface area contributed by atoms with Crippen molar-refractivity contribution in [3.63, 3.8) is 0 Å². The number of esters is 2. The highest BCUT2D eigenvalue weighted by molar-refractivity contribution is 5.90. The number of rotatable bonds is 16. The lowest BCUT2D eigenvalue weighted by molar-refractivity contribution is 0.0267. The number of aliphatic hydroxyl groups is 2. The lowest BCUT2D eigenvalue weighted by atomic mass is 10.0. The molecule has 0 aliphatic heterocycles. The molecule has 228 valence electrons. The van der Waals surface area contributed by atoms with Gasteiger partial charge in [-0.25, -0.2) is 9.59 Å². The third kappa shape index (κ3) is 10.0. The topological polar surface area (TPSA) is 93.1 Å². The van der Waals surface area contributed by atoms with E-state index in [1.807, 2.05) is 84.9 Å². The number of hydrogen-bond donors (Lipinski definition) is 2. The lowest BCUT2D eigenvalue weighted by Gasteiger charge is -2.19. The predicted molar refractivity (Wildman–Crippen MR) is 171 cm³/mol. The number of carbonyl (C=O) groups excluding carboxylic acids is 2. The van der Waals surface area contributed by atoms with Crippen LogP contribution in [0.2, 0.25) is 0 Å². The van der Waals surface area contributed by atoms with Crippen molar-refractivity contribution in [1.82, 2.24) is 0 Å². The molecule has 44 heavy (non-hydrogen) atoms. The van der Waals surface area contributed by atoms with Crippen molar-refractivity contribution in [1.29, 1.82) is 0 Å². The highest BCUT2D eigenvalue weighted by Gasteiger charge is 2.19. The molecule has 0 aliphatic carbocycles. The van der Waals surface area contributed by atoms with Crippen LogP contribution < -0.4 is 0 Å². The minimum Gasteiger partial charge on any atom is -0.454 e. The van der Waals surface area contributed by atoms with Crippen LogP contribution in [0.25, 0.3) is 0 Å². The van der Waals surface area contributed by atoms with E-state index in [0.29, 0.717) is 49.7 Å². The van der Waals surface area contributed by atoms with Gasteiger partial charge >= 0.3 is 11.9 Å². The molecule has 0 radical (unpaired) electrons. The van der Waals surface area contributed by atoms with E-state index in [-0.39, 0.29) is 25.2 Å². The zero-order chi connectivity index (χ0) is 31.0. The van der Waals surface area contributed by atoms with Crippen LogP contribution in [0.3, 0.4) is 0 Å². The van der Waals surface area contributed by atoms with Gasteiger partial charge in [0.1, 0.15) is 12.2 Å². The van der Waals surface area contributed by atoms with Gasteiger partial charge in [0.15, 0.2) is 0 Å². The predicted octanol–water partition coefficient (Wildman–Crippen LogP) is 7.37. The maximum Gasteiger partial charge on any atom is 0.338 e. The maximum absolute atomic E-state index is 12.9. The molecule has 6 nitrogen and oxygen atoms in total. The molecule has 0 fully saturated rings. The third-order valence-corrected chi connectivity index (χ3v) is 7.38. The second kappa shape index (κ2) is 17.6. The summed E-state index contributed by atoms with van der Waals surface area (Å²) in [6.45, 7) is 0.162. The Morgan fingerprint density at radius 3 is 1.25 bits per heavy atom. The summed E-state index contributed by atoms with van der Waals surface area (Å²) in [5.74, 6) is -0.737. The highest BCUT2D eigenvalue weighted by Crippen LogP contribution is 2.27. The Labute approximate surface area is 259 Å². The molecule has 0 aliphatic rings. The van der Waals surface area contributed by atoms with Crippen molar-refractivity contribution in [2.45, 2.75) is 50.7 Å². The van der Waals surface area contributed by atoms with Gasteiger partial charge < -0.3 is 19.7 Å². The number of allylic oxidation sites excluding steroid dienone is 2. The molecule has 0 spiro atoms. The van der Waals surface area contributed by atoms with Gasteiger partial charge in [-0.1, -0.05) is 97.1 Å². The van der Waals surface area contributed by atoms with E-state index >= 15 is 0 Å². The van der Waals surface area contributed by atoms with Crippen LogP contribution in [0.1, 0.15) is 80.9 Å². The first-order valence-electron chi connectivity index (χ1n) is 15.1. The molecule has 0 amide bonds. The quantitative estimate of drug-likeness (QED) is 0.104. The largest absolute Gasteiger partial charge is 0.454 e. The van der Waals surface area contributed by atoms with Crippen molar-refractivity contribution in [3.05, 3.63) is 155 Å². The fraction of sp³-hybridized carbons (Fsp3) is 0.263. The number of carbonyl (C=O) groups is 2. The minimum absolute atomic E-state index is 0.0812. The third-order valence-electron chi connectivity index (χ3n) is 7.38. The molecular weight excluding hydrogens is 552 g/mol. The van der Waals surface area contributed by atoms with Crippen molar-refractivity contribution < 1.29 is 29.3 Å². The Hall–Kier alpha value is -4.52. The summed E-state index contributed by atoms with van der Waals surface area (Å²) in [5, 5.41) is 18.5. The Balaban J connectivity index is 1.38. The molecule has 0 saturated carbocycles. The summed E-state index contributed by atoms with van der Waals surface area (Å²) >= 11 is 0. The van der Waals surface area contributed by atoms with Crippen LogP contribution >= 0.6 is 0 Å². The van der Waals surface area contributed by atoms with Gasteiger partial charge in [0.2, 0.25) is 0 Å². The number of ether oxygens (including phenoxy) is 2. The second-order valence-corrected chi connectivity index (χ2v) is 10.6. The number of benzene rings is 4. The minimum atomic E-state index is -0.424. The number of aliphatic hydroxyl groups excluding tert-OH is 2. The molecule has 0 heterocycles. The van der Waals surface area contributed by atoms with Gasteiger partial charge in [0, 0.05) is 13.2 Å². The molecule has 4 aromatic rings. The molecule has 6 heteroatoms. The molecular formula is C38H40O6. The summed E-state index contributed by atoms with van der Waals surface area (Å²) in [7, 11) is 0. The molecule has 2 unspecified atom stereocenters. The highest BCUT2D eigenvalue weighted by atomic mass is 16.5. The summed E-state index contributed by atoms with van der Waals surface area (Å²) in [4.78, 5) is 25.7. The van der Waals surface area contributed by atoms with Gasteiger partial charge in [-0.2, -0.15) is 0 Å². The van der Waals surface area contributed by atoms with Crippen LogP contribution in [-0.2, 0) is 22.3 Å². The van der Waals surface area contributed by atoms with E-state index < -0.39 is 12.2 Å². The van der Waals surface area contributed by atoms with Gasteiger partial charge in [0.05, 0.1) is 11.1 Å². The van der Waals surface area contributed by atoms with E-state index in [4.69, 9.17) is 9.47 Å². The summed E-state index contributed by atoms with van der Waals surface area (Å²) < 4.78 is 11.9. The van der Waals surface area contributed by atoms with Crippen LogP contribution in [0.4, 0.5) is 0 Å². The Bertz CT molecular complexity index is 1330. The van der Waals surface area contributed by atoms with Gasteiger partial charge in [-0.15, -0.1) is 0 Å². The zero-order valence-electron chi connectivity index (χ0n) is 24.9. The maximum atomic E-state index is 12.9. The average Bonchev–Trinajstić information content (AvgIpc) is 3.07. The number of hydrogen-bond acceptors (Lipinski definition) is 6. The summed E-state index contributed by atoms with van der Waals surface area (Å²) in [6.07, 6.45) is 7.04. The van der Waals surface area contributed by atoms with Crippen molar-refractivity contribution in [2.75, 3.05) is 13.2 Å². The van der Waals surface area contributed by atoms with Crippen LogP contribution in [0.15, 0.2) is 121 Å². The van der Waals surface area contributed by atoms with Gasteiger partial charge in [-0.05, 0) is 85.0 Å². The Morgan fingerprint density at radius 1 is 0.545 bits per heavy atom. The first kappa shape index (κ1) is 32.4. The Kier molecular flexibility index (Phi) is 12.9. The van der Waals surface area contributed by atoms with E-state index in [9.17, 15) is 19.8 Å². The smallest absolute Gasteiger partial charge is 0.338 e. The van der Waals surface area contributed by atoms with Gasteiger partial charge in [0.25, 0.3) is 0 Å². The fourth-order valence-electron chi connectivity index (χ4n) is 4.92. The van der Waals surface area contributed by atoms with Crippen LogP contribution in [0.5, 0.6) is 0 Å². The Morgan fingerprint density at radius 2 is 0.909 bits per heavy atom. The van der Waals surface area contributed by atoms with Gasteiger partial charge in [-0.3, -0.25) is 0 Å². The molecule has 2 atom stereocenters. The monoisotopic (exact) mass is 592 g/mol. The van der Waals surface area contributed by atoms with Crippen LogP contribution in [0, 0.1) is 0 Å². The molecule has 4 aromatic carbocycles. The first-order chi connectivity index (χ1) is 21.6. The standard InChI is InChI=1S/C38H40O6/c39-27-25-29-17-21-31(22-18-29)35(43-37(41)33-11-5-3-6-12-33)15-9-1-2-10-16-36(32-23-19-30(20-24-32)26-28-40)44-38(42)34-13-7-4-8-14-34/h1-8,11-14,17-24,35-36,39-40H,9-10,15-16,25-28H2/b2-1+. The summed E-state index contributed by atoms with van der Waals surface area (Å²) in [6, 6.07) is 33.6. The molecule has 2 N–H and O–H groups in total. The van der Waals surface area contributed by atoms with Crippen molar-refractivity contribution in [2.24, 2.45) is 0 Å². The average molecular weight is 593 g/mol. The molecule has 4 rings (SSSR count). The summed E-state index contributed by atoms with van der Waals surface area (Å²) in [5.41, 5.74) is 4.87. The molecule has 0 aromatic heterocycles. The lowest BCUT2D eigenvalue weighted by Crippen LogP contribution is -2.12. The van der Waals surface area contributed by atoms with E-state index in [1.54, 1.807) is 24.3 Å². The zero-order valence-corrected chi connectivity index (χ0v) is 24.9.